The third-order valence-corrected chi connectivity index (χ3v) is 4.01. The molecule has 0 aliphatic rings. The Hall–Kier alpha value is -3.48. The number of hydrogen-bond donors (Lipinski definition) is 1. The van der Waals surface area contributed by atoms with Gasteiger partial charge < -0.3 is 14.3 Å². The Balaban J connectivity index is 1.71. The van der Waals surface area contributed by atoms with Gasteiger partial charge in [-0.3, -0.25) is 4.79 Å². The van der Waals surface area contributed by atoms with Crippen molar-refractivity contribution in [2.24, 2.45) is 0 Å². The van der Waals surface area contributed by atoms with E-state index >= 15 is 0 Å². The van der Waals surface area contributed by atoms with Gasteiger partial charge in [-0.1, -0.05) is 30.3 Å². The molecule has 0 aliphatic carbocycles. The molecule has 1 N–H and O–H groups in total. The largest absolute Gasteiger partial charge is 0.420 e. The molecule has 0 spiro atoms. The van der Waals surface area contributed by atoms with Gasteiger partial charge in [0.15, 0.2) is 0 Å². The summed E-state index contributed by atoms with van der Waals surface area (Å²) in [6, 6.07) is 15.6. The van der Waals surface area contributed by atoms with Gasteiger partial charge in [-0.15, -0.1) is 10.2 Å². The molecule has 0 saturated heterocycles. The van der Waals surface area contributed by atoms with Crippen LogP contribution in [-0.4, -0.2) is 20.7 Å². The number of para-hydroxylation sites is 2. The van der Waals surface area contributed by atoms with Gasteiger partial charge in [0.2, 0.25) is 11.8 Å². The zero-order valence-electron chi connectivity index (χ0n) is 13.9. The number of anilines is 1. The number of halogens is 1. The Morgan fingerprint density at radius 3 is 2.69 bits per heavy atom. The number of benzene rings is 2. The molecule has 130 valence electrons. The SMILES string of the molecule is Cc1nnc(-c2cc3ccccc3n2CC(=O)Nc2ccccc2F)o1. The minimum Gasteiger partial charge on any atom is -0.420 e. The number of carbonyl (C=O) groups excluding carboxylic acids is 1. The van der Waals surface area contributed by atoms with Crippen molar-refractivity contribution >= 4 is 22.5 Å². The molecule has 2 heterocycles. The highest BCUT2D eigenvalue weighted by Gasteiger charge is 2.18. The smallest absolute Gasteiger partial charge is 0.264 e. The first-order chi connectivity index (χ1) is 12.6. The van der Waals surface area contributed by atoms with Crippen LogP contribution >= 0.6 is 0 Å². The number of aromatic nitrogens is 3. The summed E-state index contributed by atoms with van der Waals surface area (Å²) in [5, 5.41) is 11.4. The molecule has 0 unspecified atom stereocenters. The minimum absolute atomic E-state index is 0.0153. The van der Waals surface area contributed by atoms with E-state index in [4.69, 9.17) is 4.42 Å². The number of nitrogens with one attached hydrogen (secondary N) is 1. The molecule has 26 heavy (non-hydrogen) atoms. The van der Waals surface area contributed by atoms with Gasteiger partial charge in [0.25, 0.3) is 5.89 Å². The van der Waals surface area contributed by atoms with Crippen LogP contribution in [0.3, 0.4) is 0 Å². The lowest BCUT2D eigenvalue weighted by Crippen LogP contribution is -2.19. The Kier molecular flexibility index (Phi) is 3.96. The van der Waals surface area contributed by atoms with Crippen molar-refractivity contribution in [2.45, 2.75) is 13.5 Å². The molecule has 0 atom stereocenters. The van der Waals surface area contributed by atoms with Crippen molar-refractivity contribution in [3.05, 3.63) is 66.3 Å². The number of aryl methyl sites for hydroxylation is 1. The average molecular weight is 350 g/mol. The van der Waals surface area contributed by atoms with Gasteiger partial charge in [-0.2, -0.15) is 0 Å². The summed E-state index contributed by atoms with van der Waals surface area (Å²) < 4.78 is 21.1. The third-order valence-electron chi connectivity index (χ3n) is 4.01. The molecule has 0 fully saturated rings. The fourth-order valence-corrected chi connectivity index (χ4v) is 2.85. The van der Waals surface area contributed by atoms with Crippen molar-refractivity contribution < 1.29 is 13.6 Å². The fourth-order valence-electron chi connectivity index (χ4n) is 2.85. The quantitative estimate of drug-likeness (QED) is 0.608. The summed E-state index contributed by atoms with van der Waals surface area (Å²) in [6.07, 6.45) is 0. The van der Waals surface area contributed by atoms with Crippen molar-refractivity contribution in [3.63, 3.8) is 0 Å². The lowest BCUT2D eigenvalue weighted by atomic mass is 10.2. The van der Waals surface area contributed by atoms with Crippen molar-refractivity contribution in [3.8, 4) is 11.6 Å². The maximum Gasteiger partial charge on any atom is 0.264 e. The molecular formula is C19H15FN4O2. The highest BCUT2D eigenvalue weighted by molar-refractivity contribution is 5.93. The zero-order valence-corrected chi connectivity index (χ0v) is 13.9. The van der Waals surface area contributed by atoms with Gasteiger partial charge in [0.1, 0.15) is 18.1 Å². The Morgan fingerprint density at radius 1 is 1.15 bits per heavy atom. The summed E-state index contributed by atoms with van der Waals surface area (Å²) in [6.45, 7) is 1.69. The highest BCUT2D eigenvalue weighted by Crippen LogP contribution is 2.27. The molecule has 2 aromatic carbocycles. The maximum atomic E-state index is 13.8. The predicted octanol–water partition coefficient (Wildman–Crippen LogP) is 3.78. The number of nitrogens with zero attached hydrogens (tertiary/aromatic N) is 3. The number of carbonyl (C=O) groups is 1. The number of rotatable bonds is 4. The molecule has 2 aromatic heterocycles. The topological polar surface area (TPSA) is 73.0 Å². The molecule has 6 nitrogen and oxygen atoms in total. The average Bonchev–Trinajstić information content (AvgIpc) is 3.21. The molecule has 0 aliphatic heterocycles. The van der Waals surface area contributed by atoms with Crippen LogP contribution in [0.1, 0.15) is 5.89 Å². The first kappa shape index (κ1) is 16.0. The number of amides is 1. The van der Waals surface area contributed by atoms with Gasteiger partial charge in [-0.25, -0.2) is 4.39 Å². The maximum absolute atomic E-state index is 13.8. The molecule has 1 amide bonds. The Morgan fingerprint density at radius 2 is 1.92 bits per heavy atom. The number of hydrogen-bond acceptors (Lipinski definition) is 4. The minimum atomic E-state index is -0.481. The Bertz CT molecular complexity index is 1100. The zero-order chi connectivity index (χ0) is 18.1. The second-order valence-electron chi connectivity index (χ2n) is 5.83. The van der Waals surface area contributed by atoms with E-state index in [0.717, 1.165) is 10.9 Å². The van der Waals surface area contributed by atoms with Crippen molar-refractivity contribution in [1.82, 2.24) is 14.8 Å². The standard InChI is InChI=1S/C19H15FN4O2/c1-12-22-23-19(26-12)17-10-13-6-2-5-9-16(13)24(17)11-18(25)21-15-8-4-3-7-14(15)20/h2-10H,11H2,1H3,(H,21,25). The second-order valence-corrected chi connectivity index (χ2v) is 5.83. The van der Waals surface area contributed by atoms with E-state index in [2.05, 4.69) is 15.5 Å². The van der Waals surface area contributed by atoms with E-state index in [1.807, 2.05) is 30.3 Å². The van der Waals surface area contributed by atoms with Gasteiger partial charge in [0, 0.05) is 17.8 Å². The van der Waals surface area contributed by atoms with Crippen LogP contribution < -0.4 is 5.32 Å². The fraction of sp³-hybridized carbons (Fsp3) is 0.105. The van der Waals surface area contributed by atoms with Crippen LogP contribution in [-0.2, 0) is 11.3 Å². The summed E-state index contributed by atoms with van der Waals surface area (Å²) in [5.74, 6) is -0.0649. The third kappa shape index (κ3) is 2.95. The summed E-state index contributed by atoms with van der Waals surface area (Å²) in [7, 11) is 0. The van der Waals surface area contributed by atoms with E-state index in [1.54, 1.807) is 23.6 Å². The van der Waals surface area contributed by atoms with E-state index in [0.29, 0.717) is 17.5 Å². The predicted molar refractivity (Wildman–Crippen MR) is 95.0 cm³/mol. The Labute approximate surface area is 148 Å². The first-order valence-corrected chi connectivity index (χ1v) is 8.05. The summed E-state index contributed by atoms with van der Waals surface area (Å²) in [4.78, 5) is 12.5. The molecule has 0 saturated carbocycles. The van der Waals surface area contributed by atoms with Crippen LogP contribution in [0.15, 0.2) is 59.0 Å². The lowest BCUT2D eigenvalue weighted by molar-refractivity contribution is -0.116. The lowest BCUT2D eigenvalue weighted by Gasteiger charge is -2.10. The first-order valence-electron chi connectivity index (χ1n) is 8.05. The molecule has 0 bridgehead atoms. The van der Waals surface area contributed by atoms with Crippen molar-refractivity contribution in [1.29, 1.82) is 0 Å². The normalized spacial score (nSPS) is 11.0. The van der Waals surface area contributed by atoms with Gasteiger partial charge >= 0.3 is 0 Å². The van der Waals surface area contributed by atoms with Crippen LogP contribution in [0, 0.1) is 12.7 Å². The molecule has 7 heteroatoms. The molecule has 0 radical (unpaired) electrons. The molecule has 4 aromatic rings. The van der Waals surface area contributed by atoms with Crippen LogP contribution in [0.2, 0.25) is 0 Å². The van der Waals surface area contributed by atoms with Crippen LogP contribution in [0.5, 0.6) is 0 Å². The van der Waals surface area contributed by atoms with E-state index < -0.39 is 5.82 Å². The van der Waals surface area contributed by atoms with E-state index in [1.165, 1.54) is 12.1 Å². The molecular weight excluding hydrogens is 335 g/mol. The summed E-state index contributed by atoms with van der Waals surface area (Å²) >= 11 is 0. The number of fused-ring (bicyclic) bond motifs is 1. The van der Waals surface area contributed by atoms with Crippen molar-refractivity contribution in [2.75, 3.05) is 5.32 Å². The highest BCUT2D eigenvalue weighted by atomic mass is 19.1. The van der Waals surface area contributed by atoms with E-state index in [-0.39, 0.29) is 18.1 Å². The van der Waals surface area contributed by atoms with Gasteiger partial charge in [-0.05, 0) is 24.3 Å². The second kappa shape index (κ2) is 6.44. The van der Waals surface area contributed by atoms with Crippen LogP contribution in [0.4, 0.5) is 10.1 Å². The summed E-state index contributed by atoms with van der Waals surface area (Å²) in [5.41, 5.74) is 1.63. The van der Waals surface area contributed by atoms with E-state index in [9.17, 15) is 9.18 Å². The van der Waals surface area contributed by atoms with Crippen LogP contribution in [0.25, 0.3) is 22.5 Å². The van der Waals surface area contributed by atoms with Gasteiger partial charge in [0.05, 0.1) is 5.69 Å². The monoisotopic (exact) mass is 350 g/mol. The molecule has 4 rings (SSSR count).